The highest BCUT2D eigenvalue weighted by atomic mass is 16.5. The average Bonchev–Trinajstić information content (AvgIpc) is 2.44. The van der Waals surface area contributed by atoms with Crippen molar-refractivity contribution in [3.05, 3.63) is 23.8 Å². The van der Waals surface area contributed by atoms with E-state index in [9.17, 15) is 4.79 Å². The van der Waals surface area contributed by atoms with Crippen molar-refractivity contribution in [2.24, 2.45) is 11.7 Å². The van der Waals surface area contributed by atoms with E-state index in [0.29, 0.717) is 12.3 Å². The van der Waals surface area contributed by atoms with E-state index in [0.717, 1.165) is 17.0 Å². The van der Waals surface area contributed by atoms with Gasteiger partial charge in [-0.05, 0) is 43.9 Å². The predicted molar refractivity (Wildman–Crippen MR) is 85.5 cm³/mol. The van der Waals surface area contributed by atoms with Crippen LogP contribution in [0.3, 0.4) is 0 Å². The summed E-state index contributed by atoms with van der Waals surface area (Å²) in [7, 11) is 0. The van der Waals surface area contributed by atoms with Crippen molar-refractivity contribution in [3.8, 4) is 5.75 Å². The Morgan fingerprint density at radius 2 is 1.95 bits per heavy atom. The molecule has 4 heteroatoms. The van der Waals surface area contributed by atoms with Crippen LogP contribution in [0, 0.1) is 5.92 Å². The number of carbonyl (C=O) groups is 1. The van der Waals surface area contributed by atoms with Gasteiger partial charge in [0.15, 0.2) is 6.10 Å². The molecule has 1 heterocycles. The van der Waals surface area contributed by atoms with Gasteiger partial charge in [-0.3, -0.25) is 4.79 Å². The summed E-state index contributed by atoms with van der Waals surface area (Å²) in [5, 5.41) is 0. The summed E-state index contributed by atoms with van der Waals surface area (Å²) < 4.78 is 5.84. The number of rotatable bonds is 4. The molecule has 1 amide bonds. The lowest BCUT2D eigenvalue weighted by Gasteiger charge is -2.37. The van der Waals surface area contributed by atoms with E-state index >= 15 is 0 Å². The lowest BCUT2D eigenvalue weighted by atomic mass is 9.95. The maximum Gasteiger partial charge on any atom is 0.268 e. The molecule has 1 aliphatic rings. The minimum atomic E-state index is -0.385. The van der Waals surface area contributed by atoms with Crippen LogP contribution < -0.4 is 15.4 Å². The predicted octanol–water partition coefficient (Wildman–Crippen LogP) is 3.25. The fraction of sp³-hybridized carbons (Fsp3) is 0.588. The molecule has 2 rings (SSSR count). The molecule has 0 aliphatic carbocycles. The van der Waals surface area contributed by atoms with Gasteiger partial charge in [-0.2, -0.15) is 0 Å². The number of ether oxygens (including phenoxy) is 1. The number of anilines is 1. The molecule has 0 bridgehead atoms. The van der Waals surface area contributed by atoms with Crippen LogP contribution in [0.1, 0.15) is 52.6 Å². The monoisotopic (exact) mass is 290 g/mol. The Balaban J connectivity index is 2.47. The third kappa shape index (κ3) is 2.91. The van der Waals surface area contributed by atoms with Gasteiger partial charge in [-0.1, -0.05) is 26.8 Å². The number of nitrogens with two attached hydrogens (primary N) is 1. The zero-order valence-corrected chi connectivity index (χ0v) is 13.6. The highest BCUT2D eigenvalue weighted by molar-refractivity contribution is 6.00. The topological polar surface area (TPSA) is 55.6 Å². The van der Waals surface area contributed by atoms with E-state index in [-0.39, 0.29) is 24.1 Å². The molecule has 1 aromatic carbocycles. The van der Waals surface area contributed by atoms with Gasteiger partial charge in [-0.25, -0.2) is 0 Å². The summed E-state index contributed by atoms with van der Waals surface area (Å²) in [5.41, 5.74) is 8.12. The van der Waals surface area contributed by atoms with E-state index in [1.165, 1.54) is 0 Å². The van der Waals surface area contributed by atoms with Crippen molar-refractivity contribution in [1.82, 2.24) is 0 Å². The summed E-state index contributed by atoms with van der Waals surface area (Å²) in [6, 6.07) is 6.01. The number of nitrogens with zero attached hydrogens (tertiary/aromatic N) is 1. The number of hydrogen-bond donors (Lipinski definition) is 1. The minimum absolute atomic E-state index is 0.0373. The normalized spacial score (nSPS) is 19.7. The molecule has 2 N–H and O–H groups in total. The lowest BCUT2D eigenvalue weighted by Crippen LogP contribution is -2.48. The molecule has 1 aromatic rings. The summed E-state index contributed by atoms with van der Waals surface area (Å²) in [6.45, 7) is 10.2. The Labute approximate surface area is 127 Å². The van der Waals surface area contributed by atoms with Gasteiger partial charge in [-0.15, -0.1) is 0 Å². The van der Waals surface area contributed by atoms with Gasteiger partial charge in [0.05, 0.1) is 5.69 Å². The van der Waals surface area contributed by atoms with E-state index in [1.807, 2.05) is 43.9 Å². The maximum absolute atomic E-state index is 12.5. The third-order valence-corrected chi connectivity index (χ3v) is 4.01. The largest absolute Gasteiger partial charge is 0.478 e. The van der Waals surface area contributed by atoms with Crippen molar-refractivity contribution in [3.63, 3.8) is 0 Å². The highest BCUT2D eigenvalue weighted by Gasteiger charge is 2.35. The van der Waals surface area contributed by atoms with Crippen LogP contribution in [0.2, 0.25) is 0 Å². The van der Waals surface area contributed by atoms with Crippen LogP contribution in [0.25, 0.3) is 0 Å². The smallest absolute Gasteiger partial charge is 0.268 e. The Bertz CT molecular complexity index is 526. The third-order valence-electron chi connectivity index (χ3n) is 4.01. The summed E-state index contributed by atoms with van der Waals surface area (Å²) >= 11 is 0. The molecule has 0 aromatic heterocycles. The maximum atomic E-state index is 12.5. The van der Waals surface area contributed by atoms with E-state index < -0.39 is 0 Å². The molecule has 0 spiro atoms. The molecule has 0 radical (unpaired) electrons. The van der Waals surface area contributed by atoms with Crippen molar-refractivity contribution in [1.29, 1.82) is 0 Å². The summed E-state index contributed by atoms with van der Waals surface area (Å²) in [4.78, 5) is 14.4. The lowest BCUT2D eigenvalue weighted by molar-refractivity contribution is -0.126. The highest BCUT2D eigenvalue weighted by Crippen LogP contribution is 2.38. The Morgan fingerprint density at radius 3 is 2.48 bits per heavy atom. The quantitative estimate of drug-likeness (QED) is 0.926. The van der Waals surface area contributed by atoms with Crippen LogP contribution in [-0.2, 0) is 4.79 Å². The van der Waals surface area contributed by atoms with Gasteiger partial charge in [0.2, 0.25) is 0 Å². The second-order valence-electron chi connectivity index (χ2n) is 6.31. The molecule has 0 saturated carbocycles. The first-order valence-electron chi connectivity index (χ1n) is 7.76. The van der Waals surface area contributed by atoms with Crippen molar-refractivity contribution >= 4 is 11.6 Å². The molecule has 0 saturated heterocycles. The second-order valence-corrected chi connectivity index (χ2v) is 6.31. The van der Waals surface area contributed by atoms with Crippen LogP contribution in [0.5, 0.6) is 5.75 Å². The standard InChI is InChI=1S/C17H26N2O2/c1-6-14-17(20)19(11(4)5)13-9-12(16(18)10(2)3)7-8-15(13)21-14/h7-11,14,16H,6,18H2,1-5H3. The molecule has 2 unspecified atom stereocenters. The van der Waals surface area contributed by atoms with E-state index in [2.05, 4.69) is 13.8 Å². The van der Waals surface area contributed by atoms with Crippen molar-refractivity contribution < 1.29 is 9.53 Å². The first-order chi connectivity index (χ1) is 9.86. The Hall–Kier alpha value is -1.55. The van der Waals surface area contributed by atoms with Crippen LogP contribution in [0.4, 0.5) is 5.69 Å². The van der Waals surface area contributed by atoms with Gasteiger partial charge >= 0.3 is 0 Å². The molecular formula is C17H26N2O2. The van der Waals surface area contributed by atoms with Gasteiger partial charge in [0, 0.05) is 12.1 Å². The SMILES string of the molecule is CCC1Oc2ccc(C(N)C(C)C)cc2N(C(C)C)C1=O. The number of fused-ring (bicyclic) bond motifs is 1. The van der Waals surface area contributed by atoms with E-state index in [1.54, 1.807) is 0 Å². The van der Waals surface area contributed by atoms with Crippen molar-refractivity contribution in [2.75, 3.05) is 4.90 Å². The van der Waals surface area contributed by atoms with Gasteiger partial charge in [0.25, 0.3) is 5.91 Å². The van der Waals surface area contributed by atoms with Crippen LogP contribution in [0.15, 0.2) is 18.2 Å². The first-order valence-corrected chi connectivity index (χ1v) is 7.76. The number of benzene rings is 1. The Kier molecular flexibility index (Phi) is 4.57. The fourth-order valence-corrected chi connectivity index (χ4v) is 2.68. The van der Waals surface area contributed by atoms with Gasteiger partial charge < -0.3 is 15.4 Å². The average molecular weight is 290 g/mol. The minimum Gasteiger partial charge on any atom is -0.478 e. The Morgan fingerprint density at radius 1 is 1.29 bits per heavy atom. The molecule has 116 valence electrons. The summed E-state index contributed by atoms with van der Waals surface area (Å²) in [6.07, 6.45) is 0.291. The number of hydrogen-bond acceptors (Lipinski definition) is 3. The zero-order valence-electron chi connectivity index (χ0n) is 13.6. The first kappa shape index (κ1) is 15.8. The zero-order chi connectivity index (χ0) is 15.7. The van der Waals surface area contributed by atoms with Crippen LogP contribution >= 0.6 is 0 Å². The number of carbonyl (C=O) groups excluding carboxylic acids is 1. The van der Waals surface area contributed by atoms with Crippen LogP contribution in [-0.4, -0.2) is 18.1 Å². The van der Waals surface area contributed by atoms with E-state index in [4.69, 9.17) is 10.5 Å². The fourth-order valence-electron chi connectivity index (χ4n) is 2.68. The molecule has 4 nitrogen and oxygen atoms in total. The summed E-state index contributed by atoms with van der Waals surface area (Å²) in [5.74, 6) is 1.16. The van der Waals surface area contributed by atoms with Crippen molar-refractivity contribution in [2.45, 2.75) is 59.2 Å². The molecule has 1 aliphatic heterocycles. The van der Waals surface area contributed by atoms with Gasteiger partial charge in [0.1, 0.15) is 5.75 Å². The molecule has 2 atom stereocenters. The second kappa shape index (κ2) is 6.06. The molecule has 0 fully saturated rings. The number of amides is 1. The molecular weight excluding hydrogens is 264 g/mol. The molecule has 21 heavy (non-hydrogen) atoms.